The molecule has 1 unspecified atom stereocenters. The lowest BCUT2D eigenvalue weighted by molar-refractivity contribution is 0.200. The van der Waals surface area contributed by atoms with Gasteiger partial charge in [-0.3, -0.25) is 0 Å². The number of primary sulfonamides is 1. The van der Waals surface area contributed by atoms with Crippen molar-refractivity contribution in [1.82, 2.24) is 10.2 Å². The number of urea groups is 1. The van der Waals surface area contributed by atoms with Gasteiger partial charge in [0, 0.05) is 13.1 Å². The van der Waals surface area contributed by atoms with E-state index < -0.39 is 10.0 Å². The molecule has 0 aliphatic carbocycles. The third-order valence-electron chi connectivity index (χ3n) is 3.08. The molecule has 7 heteroatoms. The Morgan fingerprint density at radius 3 is 2.45 bits per heavy atom. The highest BCUT2D eigenvalue weighted by Crippen LogP contribution is 2.16. The van der Waals surface area contributed by atoms with Crippen LogP contribution in [0.15, 0.2) is 29.2 Å². The largest absolute Gasteiger partial charge is 0.331 e. The topological polar surface area (TPSA) is 92.5 Å². The molecule has 0 bridgehead atoms. The smallest absolute Gasteiger partial charge is 0.317 e. The van der Waals surface area contributed by atoms with Crippen LogP contribution < -0.4 is 10.5 Å². The molecule has 1 aromatic rings. The molecular formula is C13H21N3O3S. The van der Waals surface area contributed by atoms with Gasteiger partial charge in [-0.15, -0.1) is 0 Å². The summed E-state index contributed by atoms with van der Waals surface area (Å²) in [7, 11) is -3.74. The summed E-state index contributed by atoms with van der Waals surface area (Å²) in [6.07, 6.45) is 0. The van der Waals surface area contributed by atoms with E-state index in [1.807, 2.05) is 13.8 Å². The summed E-state index contributed by atoms with van der Waals surface area (Å²) in [5.74, 6) is 0. The first-order valence-electron chi connectivity index (χ1n) is 6.47. The standard InChI is InChI=1S/C13H21N3O3S/c1-4-16(5-2)13(17)15-10(3)11-7-6-8-12(9-11)20(14,18)19/h6-10H,4-5H2,1-3H3,(H,15,17)(H2,14,18,19). The molecule has 0 aliphatic rings. The third-order valence-corrected chi connectivity index (χ3v) is 3.99. The second kappa shape index (κ2) is 6.71. The van der Waals surface area contributed by atoms with E-state index in [9.17, 15) is 13.2 Å². The first-order valence-corrected chi connectivity index (χ1v) is 8.02. The van der Waals surface area contributed by atoms with E-state index in [4.69, 9.17) is 5.14 Å². The van der Waals surface area contributed by atoms with E-state index in [2.05, 4.69) is 5.32 Å². The lowest BCUT2D eigenvalue weighted by Crippen LogP contribution is -2.40. The lowest BCUT2D eigenvalue weighted by Gasteiger charge is -2.23. The first-order chi connectivity index (χ1) is 9.29. The zero-order valence-electron chi connectivity index (χ0n) is 12.0. The van der Waals surface area contributed by atoms with Crippen molar-refractivity contribution >= 4 is 16.1 Å². The third kappa shape index (κ3) is 4.21. The molecule has 1 atom stereocenters. The summed E-state index contributed by atoms with van der Waals surface area (Å²) < 4.78 is 22.6. The van der Waals surface area contributed by atoms with Crippen LogP contribution in [0, 0.1) is 0 Å². The van der Waals surface area contributed by atoms with E-state index in [0.29, 0.717) is 18.7 Å². The SMILES string of the molecule is CCN(CC)C(=O)NC(C)c1cccc(S(N)(=O)=O)c1. The number of nitrogens with zero attached hydrogens (tertiary/aromatic N) is 1. The van der Waals surface area contributed by atoms with Crippen LogP contribution in [0.2, 0.25) is 0 Å². The van der Waals surface area contributed by atoms with Crippen LogP contribution in [0.25, 0.3) is 0 Å². The van der Waals surface area contributed by atoms with Crippen molar-refractivity contribution < 1.29 is 13.2 Å². The average molecular weight is 299 g/mol. The first kappa shape index (κ1) is 16.5. The van der Waals surface area contributed by atoms with Crippen molar-refractivity contribution in [3.63, 3.8) is 0 Å². The lowest BCUT2D eigenvalue weighted by atomic mass is 10.1. The van der Waals surface area contributed by atoms with Crippen molar-refractivity contribution in [2.24, 2.45) is 5.14 Å². The number of sulfonamides is 1. The second-order valence-electron chi connectivity index (χ2n) is 4.46. The molecule has 0 heterocycles. The molecule has 20 heavy (non-hydrogen) atoms. The maximum atomic E-state index is 11.9. The van der Waals surface area contributed by atoms with Gasteiger partial charge in [0.05, 0.1) is 10.9 Å². The minimum Gasteiger partial charge on any atom is -0.331 e. The summed E-state index contributed by atoms with van der Waals surface area (Å²) in [6, 6.07) is 5.78. The van der Waals surface area contributed by atoms with Gasteiger partial charge in [0.25, 0.3) is 0 Å². The van der Waals surface area contributed by atoms with Gasteiger partial charge < -0.3 is 10.2 Å². The fraction of sp³-hybridized carbons (Fsp3) is 0.462. The average Bonchev–Trinajstić information content (AvgIpc) is 2.39. The van der Waals surface area contributed by atoms with Crippen LogP contribution in [-0.2, 0) is 10.0 Å². The van der Waals surface area contributed by atoms with Crippen LogP contribution in [0.3, 0.4) is 0 Å². The highest BCUT2D eigenvalue weighted by molar-refractivity contribution is 7.89. The summed E-state index contributed by atoms with van der Waals surface area (Å²) in [5, 5.41) is 7.92. The fourth-order valence-electron chi connectivity index (χ4n) is 1.83. The number of nitrogens with two attached hydrogens (primary N) is 1. The molecule has 0 radical (unpaired) electrons. The second-order valence-corrected chi connectivity index (χ2v) is 6.02. The molecule has 6 nitrogen and oxygen atoms in total. The minimum atomic E-state index is -3.74. The summed E-state index contributed by atoms with van der Waals surface area (Å²) in [6.45, 7) is 6.83. The van der Waals surface area contributed by atoms with Crippen LogP contribution in [-0.4, -0.2) is 32.4 Å². The Kier molecular flexibility index (Phi) is 5.52. The predicted molar refractivity (Wildman–Crippen MR) is 77.7 cm³/mol. The van der Waals surface area contributed by atoms with Crippen molar-refractivity contribution in [1.29, 1.82) is 0 Å². The van der Waals surface area contributed by atoms with E-state index in [0.717, 1.165) is 0 Å². The molecule has 112 valence electrons. The normalized spacial score (nSPS) is 12.8. The van der Waals surface area contributed by atoms with Crippen LogP contribution in [0.1, 0.15) is 32.4 Å². The van der Waals surface area contributed by atoms with Crippen LogP contribution >= 0.6 is 0 Å². The number of carbonyl (C=O) groups excluding carboxylic acids is 1. The number of benzene rings is 1. The van der Waals surface area contributed by atoms with E-state index in [-0.39, 0.29) is 17.0 Å². The van der Waals surface area contributed by atoms with Crippen molar-refractivity contribution in [2.45, 2.75) is 31.7 Å². The Labute approximate surface area is 120 Å². The van der Waals surface area contributed by atoms with Gasteiger partial charge in [-0.25, -0.2) is 18.4 Å². The van der Waals surface area contributed by atoms with Crippen molar-refractivity contribution in [2.75, 3.05) is 13.1 Å². The molecular weight excluding hydrogens is 278 g/mol. The maximum absolute atomic E-state index is 11.9. The van der Waals surface area contributed by atoms with Gasteiger partial charge in [0.2, 0.25) is 10.0 Å². The van der Waals surface area contributed by atoms with Crippen LogP contribution in [0.4, 0.5) is 4.79 Å². The molecule has 0 saturated heterocycles. The molecule has 1 rings (SSSR count). The Morgan fingerprint density at radius 2 is 1.95 bits per heavy atom. The minimum absolute atomic E-state index is 0.0407. The van der Waals surface area contributed by atoms with Gasteiger partial charge in [0.1, 0.15) is 0 Å². The van der Waals surface area contributed by atoms with Gasteiger partial charge in [-0.05, 0) is 38.5 Å². The van der Waals surface area contributed by atoms with Gasteiger partial charge in [-0.1, -0.05) is 12.1 Å². The molecule has 0 saturated carbocycles. The summed E-state index contributed by atoms with van der Waals surface area (Å²) >= 11 is 0. The van der Waals surface area contributed by atoms with Crippen LogP contribution in [0.5, 0.6) is 0 Å². The Bertz CT molecular complexity index is 568. The highest BCUT2D eigenvalue weighted by Gasteiger charge is 2.15. The number of rotatable bonds is 5. The fourth-order valence-corrected chi connectivity index (χ4v) is 2.40. The van der Waals surface area contributed by atoms with Gasteiger partial charge in [-0.2, -0.15) is 0 Å². The van der Waals surface area contributed by atoms with E-state index >= 15 is 0 Å². The molecule has 0 aliphatic heterocycles. The maximum Gasteiger partial charge on any atom is 0.317 e. The number of hydrogen-bond donors (Lipinski definition) is 2. The molecule has 0 aromatic heterocycles. The molecule has 1 aromatic carbocycles. The van der Waals surface area contributed by atoms with E-state index in [1.165, 1.54) is 12.1 Å². The number of nitrogens with one attached hydrogen (secondary N) is 1. The van der Waals surface area contributed by atoms with Gasteiger partial charge in [0.15, 0.2) is 0 Å². The summed E-state index contributed by atoms with van der Waals surface area (Å²) in [5.41, 5.74) is 0.692. The highest BCUT2D eigenvalue weighted by atomic mass is 32.2. The molecule has 0 spiro atoms. The Morgan fingerprint density at radius 1 is 1.35 bits per heavy atom. The summed E-state index contributed by atoms with van der Waals surface area (Å²) in [4.78, 5) is 13.6. The molecule has 2 amide bonds. The predicted octanol–water partition coefficient (Wildman–Crippen LogP) is 1.45. The molecule has 3 N–H and O–H groups in total. The Hall–Kier alpha value is -1.60. The van der Waals surface area contributed by atoms with Crippen molar-refractivity contribution in [3.8, 4) is 0 Å². The monoisotopic (exact) mass is 299 g/mol. The van der Waals surface area contributed by atoms with Gasteiger partial charge >= 0.3 is 6.03 Å². The number of hydrogen-bond acceptors (Lipinski definition) is 3. The quantitative estimate of drug-likeness (QED) is 0.861. The van der Waals surface area contributed by atoms with E-state index in [1.54, 1.807) is 24.0 Å². The zero-order valence-corrected chi connectivity index (χ0v) is 12.8. The molecule has 0 fully saturated rings. The zero-order chi connectivity index (χ0) is 15.3. The van der Waals surface area contributed by atoms with Crippen molar-refractivity contribution in [3.05, 3.63) is 29.8 Å². The number of carbonyl (C=O) groups is 1. The Balaban J connectivity index is 2.88. The number of amides is 2.